The first kappa shape index (κ1) is 19.1. The van der Waals surface area contributed by atoms with Crippen LogP contribution in [0.1, 0.15) is 23.6 Å². The molecule has 4 nitrogen and oxygen atoms in total. The first-order chi connectivity index (χ1) is 11.8. The van der Waals surface area contributed by atoms with Gasteiger partial charge in [0.15, 0.2) is 0 Å². The van der Waals surface area contributed by atoms with Gasteiger partial charge in [0, 0.05) is 11.4 Å². The molecule has 0 saturated carbocycles. The highest BCUT2D eigenvalue weighted by molar-refractivity contribution is 8.01. The summed E-state index contributed by atoms with van der Waals surface area (Å²) < 4.78 is 0. The van der Waals surface area contributed by atoms with Crippen LogP contribution in [0.3, 0.4) is 0 Å². The van der Waals surface area contributed by atoms with Gasteiger partial charge >= 0.3 is 0 Å². The zero-order valence-corrected chi connectivity index (χ0v) is 15.9. The molecule has 0 bridgehead atoms. The number of benzene rings is 2. The molecule has 0 saturated heterocycles. The third-order valence-electron chi connectivity index (χ3n) is 3.81. The van der Waals surface area contributed by atoms with E-state index in [4.69, 9.17) is 0 Å². The Bertz CT molecular complexity index is 757. The van der Waals surface area contributed by atoms with Crippen LogP contribution in [0.2, 0.25) is 0 Å². The monoisotopic (exact) mass is 356 g/mol. The molecule has 0 spiro atoms. The fourth-order valence-corrected chi connectivity index (χ4v) is 2.98. The molecule has 0 aliphatic carbocycles. The maximum Gasteiger partial charge on any atom is 0.237 e. The molecule has 1 atom stereocenters. The van der Waals surface area contributed by atoms with Gasteiger partial charge in [-0.25, -0.2) is 0 Å². The number of aryl methyl sites for hydroxylation is 3. The van der Waals surface area contributed by atoms with Gasteiger partial charge in [-0.15, -0.1) is 11.8 Å². The maximum absolute atomic E-state index is 12.3. The van der Waals surface area contributed by atoms with Crippen molar-refractivity contribution < 1.29 is 9.59 Å². The van der Waals surface area contributed by atoms with E-state index in [0.29, 0.717) is 0 Å². The van der Waals surface area contributed by atoms with Gasteiger partial charge in [-0.2, -0.15) is 0 Å². The van der Waals surface area contributed by atoms with Crippen molar-refractivity contribution in [1.29, 1.82) is 0 Å². The Balaban J connectivity index is 1.82. The van der Waals surface area contributed by atoms with Gasteiger partial charge in [0.05, 0.1) is 11.0 Å². The fourth-order valence-electron chi connectivity index (χ4n) is 2.30. The molecule has 25 heavy (non-hydrogen) atoms. The van der Waals surface area contributed by atoms with Crippen LogP contribution < -0.4 is 10.6 Å². The normalized spacial score (nSPS) is 11.7. The van der Waals surface area contributed by atoms with Crippen molar-refractivity contribution in [2.45, 2.75) is 32.9 Å². The Kier molecular flexibility index (Phi) is 6.65. The van der Waals surface area contributed by atoms with Gasteiger partial charge in [-0.05, 0) is 51.5 Å². The molecule has 2 rings (SSSR count). The quantitative estimate of drug-likeness (QED) is 0.811. The van der Waals surface area contributed by atoms with Crippen molar-refractivity contribution in [3.05, 3.63) is 59.2 Å². The zero-order valence-electron chi connectivity index (χ0n) is 15.1. The third-order valence-corrected chi connectivity index (χ3v) is 4.95. The van der Waals surface area contributed by atoms with Gasteiger partial charge in [0.2, 0.25) is 11.8 Å². The van der Waals surface area contributed by atoms with E-state index in [-0.39, 0.29) is 22.8 Å². The summed E-state index contributed by atoms with van der Waals surface area (Å²) in [5, 5.41) is 5.45. The van der Waals surface area contributed by atoms with Crippen LogP contribution >= 0.6 is 11.8 Å². The zero-order chi connectivity index (χ0) is 18.4. The van der Waals surface area contributed by atoms with Gasteiger partial charge in [-0.1, -0.05) is 35.4 Å². The van der Waals surface area contributed by atoms with Crippen LogP contribution in [-0.2, 0) is 9.59 Å². The van der Waals surface area contributed by atoms with Crippen molar-refractivity contribution in [3.8, 4) is 0 Å². The van der Waals surface area contributed by atoms with E-state index in [1.165, 1.54) is 11.8 Å². The predicted molar refractivity (Wildman–Crippen MR) is 106 cm³/mol. The van der Waals surface area contributed by atoms with Crippen molar-refractivity contribution in [2.24, 2.45) is 0 Å². The number of amides is 2. The standard InChI is InChI=1S/C20H24N2O2S/c1-13-5-8-17(9-6-13)21-19(23)12-25-16(4)20(24)22-18-10-7-14(2)11-15(18)3/h5-11,16H,12H2,1-4H3,(H,21,23)(H,22,24)/t16-/m0/s1. The highest BCUT2D eigenvalue weighted by Gasteiger charge is 2.16. The minimum Gasteiger partial charge on any atom is -0.325 e. The fraction of sp³-hybridized carbons (Fsp3) is 0.300. The van der Waals surface area contributed by atoms with Crippen molar-refractivity contribution >= 4 is 35.0 Å². The number of thioether (sulfide) groups is 1. The lowest BCUT2D eigenvalue weighted by molar-refractivity contribution is -0.115. The summed E-state index contributed by atoms with van der Waals surface area (Å²) in [7, 11) is 0. The first-order valence-corrected chi connectivity index (χ1v) is 9.26. The summed E-state index contributed by atoms with van der Waals surface area (Å²) in [6, 6.07) is 13.5. The molecule has 0 aliphatic rings. The molecule has 2 aromatic carbocycles. The van der Waals surface area contributed by atoms with E-state index in [9.17, 15) is 9.59 Å². The summed E-state index contributed by atoms with van der Waals surface area (Å²) in [5.41, 5.74) is 4.91. The van der Waals surface area contributed by atoms with E-state index in [1.54, 1.807) is 0 Å². The summed E-state index contributed by atoms with van der Waals surface area (Å²) in [4.78, 5) is 24.3. The molecular formula is C20H24N2O2S. The van der Waals surface area contributed by atoms with Crippen LogP contribution in [0, 0.1) is 20.8 Å². The molecule has 0 heterocycles. The maximum atomic E-state index is 12.3. The SMILES string of the molecule is Cc1ccc(NC(=O)CS[C@@H](C)C(=O)Nc2ccc(C)cc2C)cc1. The Morgan fingerprint density at radius 2 is 1.60 bits per heavy atom. The number of nitrogens with one attached hydrogen (secondary N) is 2. The molecule has 0 unspecified atom stereocenters. The average Bonchev–Trinajstić information content (AvgIpc) is 2.57. The minimum atomic E-state index is -0.315. The number of rotatable bonds is 6. The molecule has 2 N–H and O–H groups in total. The second kappa shape index (κ2) is 8.72. The van der Waals surface area contributed by atoms with Gasteiger partial charge in [-0.3, -0.25) is 9.59 Å². The van der Waals surface area contributed by atoms with Crippen molar-refractivity contribution in [3.63, 3.8) is 0 Å². The van der Waals surface area contributed by atoms with Gasteiger partial charge in [0.25, 0.3) is 0 Å². The van der Waals surface area contributed by atoms with E-state index >= 15 is 0 Å². The van der Waals surface area contributed by atoms with E-state index in [1.807, 2.05) is 70.2 Å². The number of anilines is 2. The number of carbonyl (C=O) groups is 2. The summed E-state index contributed by atoms with van der Waals surface area (Å²) in [6.07, 6.45) is 0. The second-order valence-corrected chi connectivity index (χ2v) is 7.50. The van der Waals surface area contributed by atoms with Crippen molar-refractivity contribution in [1.82, 2.24) is 0 Å². The minimum absolute atomic E-state index is 0.0971. The lowest BCUT2D eigenvalue weighted by Gasteiger charge is -2.14. The van der Waals surface area contributed by atoms with Crippen LogP contribution in [-0.4, -0.2) is 22.8 Å². The molecule has 0 aromatic heterocycles. The van der Waals surface area contributed by atoms with E-state index in [2.05, 4.69) is 10.6 Å². The van der Waals surface area contributed by atoms with Crippen LogP contribution in [0.25, 0.3) is 0 Å². The van der Waals surface area contributed by atoms with Gasteiger partial charge in [0.1, 0.15) is 0 Å². The van der Waals surface area contributed by atoms with E-state index < -0.39 is 0 Å². The smallest absolute Gasteiger partial charge is 0.237 e. The lowest BCUT2D eigenvalue weighted by atomic mass is 10.1. The molecule has 2 aromatic rings. The molecule has 0 fully saturated rings. The molecule has 0 aliphatic heterocycles. The topological polar surface area (TPSA) is 58.2 Å². The molecule has 0 radical (unpaired) electrons. The number of hydrogen-bond donors (Lipinski definition) is 2. The van der Waals surface area contributed by atoms with Crippen LogP contribution in [0.4, 0.5) is 11.4 Å². The van der Waals surface area contributed by atoms with Crippen molar-refractivity contribution in [2.75, 3.05) is 16.4 Å². The lowest BCUT2D eigenvalue weighted by Crippen LogP contribution is -2.25. The molecule has 2 amide bonds. The average molecular weight is 356 g/mol. The molecule has 5 heteroatoms. The first-order valence-electron chi connectivity index (χ1n) is 8.21. The summed E-state index contributed by atoms with van der Waals surface area (Å²) >= 11 is 1.32. The third kappa shape index (κ3) is 5.94. The van der Waals surface area contributed by atoms with Gasteiger partial charge < -0.3 is 10.6 Å². The summed E-state index contributed by atoms with van der Waals surface area (Å²) in [5.74, 6) is 0.0233. The Hall–Kier alpha value is -2.27. The van der Waals surface area contributed by atoms with E-state index in [0.717, 1.165) is 28.1 Å². The predicted octanol–water partition coefficient (Wildman–Crippen LogP) is 4.31. The highest BCUT2D eigenvalue weighted by atomic mass is 32.2. The van der Waals surface area contributed by atoms with Crippen LogP contribution in [0.15, 0.2) is 42.5 Å². The number of carbonyl (C=O) groups excluding carboxylic acids is 2. The molecular weight excluding hydrogens is 332 g/mol. The Labute approximate surface area is 153 Å². The summed E-state index contributed by atoms with van der Waals surface area (Å²) in [6.45, 7) is 7.79. The Morgan fingerprint density at radius 1 is 0.960 bits per heavy atom. The second-order valence-electron chi connectivity index (χ2n) is 6.18. The highest BCUT2D eigenvalue weighted by Crippen LogP contribution is 2.19. The largest absolute Gasteiger partial charge is 0.325 e. The molecule has 132 valence electrons. The number of hydrogen-bond acceptors (Lipinski definition) is 3. The van der Waals surface area contributed by atoms with Crippen LogP contribution in [0.5, 0.6) is 0 Å². The Morgan fingerprint density at radius 3 is 2.24 bits per heavy atom.